The Morgan fingerprint density at radius 2 is 2.14 bits per heavy atom. The van der Waals surface area contributed by atoms with Crippen LogP contribution in [-0.2, 0) is 6.42 Å². The van der Waals surface area contributed by atoms with E-state index in [9.17, 15) is 9.18 Å². The normalized spacial score (nSPS) is 10.7. The average molecular weight is 291 g/mol. The van der Waals surface area contributed by atoms with Crippen LogP contribution in [0, 0.1) is 19.7 Å². The van der Waals surface area contributed by atoms with E-state index < -0.39 is 5.82 Å². The van der Waals surface area contributed by atoms with Crippen LogP contribution in [-0.4, -0.2) is 17.5 Å². The van der Waals surface area contributed by atoms with E-state index in [1.807, 2.05) is 13.8 Å². The number of aromatic nitrogens is 1. The van der Waals surface area contributed by atoms with Gasteiger partial charge in [-0.2, -0.15) is 0 Å². The van der Waals surface area contributed by atoms with Crippen LogP contribution >= 0.6 is 0 Å². The second-order valence-corrected chi connectivity index (χ2v) is 4.96. The first-order chi connectivity index (χ1) is 9.99. The smallest absolute Gasteiger partial charge is 0.165 e. The molecular weight excluding hydrogens is 273 g/mol. The quantitative estimate of drug-likeness (QED) is 0.602. The molecule has 0 bridgehead atoms. The number of nitrogens with zero attached hydrogens (tertiary/aromatic N) is 1. The van der Waals surface area contributed by atoms with Gasteiger partial charge in [0.25, 0.3) is 0 Å². The van der Waals surface area contributed by atoms with Gasteiger partial charge in [0.1, 0.15) is 5.76 Å². The zero-order valence-electron chi connectivity index (χ0n) is 12.4. The Kier molecular flexibility index (Phi) is 4.73. The molecule has 1 aromatic heterocycles. The molecule has 0 unspecified atom stereocenters. The van der Waals surface area contributed by atoms with Crippen molar-refractivity contribution in [2.75, 3.05) is 6.61 Å². The third kappa shape index (κ3) is 3.68. The topological polar surface area (TPSA) is 52.3 Å². The van der Waals surface area contributed by atoms with E-state index in [0.717, 1.165) is 23.4 Å². The number of hydrogen-bond acceptors (Lipinski definition) is 4. The minimum absolute atomic E-state index is 0.112. The van der Waals surface area contributed by atoms with E-state index >= 15 is 0 Å². The summed E-state index contributed by atoms with van der Waals surface area (Å²) in [5.74, 6) is 0.339. The van der Waals surface area contributed by atoms with Crippen LogP contribution < -0.4 is 4.74 Å². The van der Waals surface area contributed by atoms with Crippen molar-refractivity contribution < 1.29 is 18.4 Å². The maximum absolute atomic E-state index is 13.6. The van der Waals surface area contributed by atoms with E-state index in [4.69, 9.17) is 9.26 Å². The Morgan fingerprint density at radius 3 is 2.76 bits per heavy atom. The molecule has 4 nitrogen and oxygen atoms in total. The summed E-state index contributed by atoms with van der Waals surface area (Å²) in [6.45, 7) is 5.56. The van der Waals surface area contributed by atoms with E-state index in [0.29, 0.717) is 18.6 Å². The molecule has 0 saturated carbocycles. The lowest BCUT2D eigenvalue weighted by Gasteiger charge is -2.08. The number of carbonyl (C=O) groups is 1. The van der Waals surface area contributed by atoms with Gasteiger partial charge in [-0.05, 0) is 51.8 Å². The number of halogens is 1. The second kappa shape index (κ2) is 6.52. The van der Waals surface area contributed by atoms with Gasteiger partial charge in [-0.15, -0.1) is 0 Å². The first-order valence-corrected chi connectivity index (χ1v) is 6.84. The molecule has 0 aliphatic carbocycles. The molecule has 0 atom stereocenters. The van der Waals surface area contributed by atoms with Gasteiger partial charge in [0.15, 0.2) is 17.3 Å². The van der Waals surface area contributed by atoms with Gasteiger partial charge in [0, 0.05) is 11.1 Å². The zero-order chi connectivity index (χ0) is 15.4. The van der Waals surface area contributed by atoms with E-state index in [1.54, 1.807) is 0 Å². The van der Waals surface area contributed by atoms with Crippen molar-refractivity contribution in [2.45, 2.75) is 33.6 Å². The summed E-state index contributed by atoms with van der Waals surface area (Å²) in [6.07, 6.45) is 1.47. The van der Waals surface area contributed by atoms with Crippen LogP contribution in [0.25, 0.3) is 0 Å². The number of carbonyl (C=O) groups excluding carboxylic acids is 1. The molecule has 0 radical (unpaired) electrons. The van der Waals surface area contributed by atoms with Crippen molar-refractivity contribution in [2.24, 2.45) is 0 Å². The van der Waals surface area contributed by atoms with Crippen molar-refractivity contribution in [3.63, 3.8) is 0 Å². The van der Waals surface area contributed by atoms with Gasteiger partial charge in [-0.3, -0.25) is 4.79 Å². The van der Waals surface area contributed by atoms with Crippen molar-refractivity contribution in [1.29, 1.82) is 0 Å². The number of rotatable bonds is 6. The van der Waals surface area contributed by atoms with Crippen LogP contribution in [0.5, 0.6) is 5.75 Å². The summed E-state index contributed by atoms with van der Waals surface area (Å²) >= 11 is 0. The standard InChI is InChI=1S/C16H18FNO3/c1-10-14(12(3)21-18-10)5-4-8-20-16-9-13(11(2)19)6-7-15(16)17/h6-7,9H,4-5,8H2,1-3H3. The molecule has 21 heavy (non-hydrogen) atoms. The molecule has 0 aliphatic heterocycles. The van der Waals surface area contributed by atoms with Gasteiger partial charge in [0.05, 0.1) is 12.3 Å². The molecule has 1 heterocycles. The summed E-state index contributed by atoms with van der Waals surface area (Å²) in [6, 6.07) is 4.14. The van der Waals surface area contributed by atoms with Gasteiger partial charge < -0.3 is 9.26 Å². The molecule has 5 heteroatoms. The number of ether oxygens (including phenoxy) is 1. The summed E-state index contributed by atoms with van der Waals surface area (Å²) in [5.41, 5.74) is 2.38. The average Bonchev–Trinajstić information content (AvgIpc) is 2.76. The highest BCUT2D eigenvalue weighted by atomic mass is 19.1. The van der Waals surface area contributed by atoms with Crippen molar-refractivity contribution in [3.05, 3.63) is 46.6 Å². The molecule has 0 fully saturated rings. The maximum Gasteiger partial charge on any atom is 0.165 e. The van der Waals surface area contributed by atoms with E-state index in [1.165, 1.54) is 25.1 Å². The predicted octanol–water partition coefficient (Wildman–Crippen LogP) is 3.64. The minimum atomic E-state index is -0.461. The molecule has 0 amide bonds. The first kappa shape index (κ1) is 15.2. The van der Waals surface area contributed by atoms with E-state index in [2.05, 4.69) is 5.16 Å². The monoisotopic (exact) mass is 291 g/mol. The number of ketones is 1. The fraction of sp³-hybridized carbons (Fsp3) is 0.375. The molecule has 0 N–H and O–H groups in total. The fourth-order valence-corrected chi connectivity index (χ4v) is 2.12. The summed E-state index contributed by atoms with van der Waals surface area (Å²) in [4.78, 5) is 11.3. The third-order valence-corrected chi connectivity index (χ3v) is 3.35. The summed E-state index contributed by atoms with van der Waals surface area (Å²) < 4.78 is 24.1. The van der Waals surface area contributed by atoms with Crippen molar-refractivity contribution >= 4 is 5.78 Å². The number of hydrogen-bond donors (Lipinski definition) is 0. The Labute approximate surface area is 122 Å². The fourth-order valence-electron chi connectivity index (χ4n) is 2.12. The third-order valence-electron chi connectivity index (χ3n) is 3.35. The Morgan fingerprint density at radius 1 is 1.38 bits per heavy atom. The van der Waals surface area contributed by atoms with Gasteiger partial charge in [-0.25, -0.2) is 4.39 Å². The zero-order valence-corrected chi connectivity index (χ0v) is 12.4. The van der Waals surface area contributed by atoms with Crippen LogP contribution in [0.1, 0.15) is 40.7 Å². The lowest BCUT2D eigenvalue weighted by atomic mass is 10.1. The molecule has 0 aliphatic rings. The second-order valence-electron chi connectivity index (χ2n) is 4.96. The molecule has 112 valence electrons. The number of Topliss-reactive ketones (excluding diaryl/α,β-unsaturated/α-hetero) is 1. The highest BCUT2D eigenvalue weighted by Crippen LogP contribution is 2.20. The SMILES string of the molecule is CC(=O)c1ccc(F)c(OCCCc2c(C)noc2C)c1. The van der Waals surface area contributed by atoms with Gasteiger partial charge in [-0.1, -0.05) is 5.16 Å². The highest BCUT2D eigenvalue weighted by Gasteiger charge is 2.10. The first-order valence-electron chi connectivity index (χ1n) is 6.84. The molecular formula is C16H18FNO3. The Hall–Kier alpha value is -2.17. The van der Waals surface area contributed by atoms with E-state index in [-0.39, 0.29) is 11.5 Å². The molecule has 0 saturated heterocycles. The largest absolute Gasteiger partial charge is 0.490 e. The van der Waals surface area contributed by atoms with Gasteiger partial charge >= 0.3 is 0 Å². The lowest BCUT2D eigenvalue weighted by Crippen LogP contribution is -2.03. The van der Waals surface area contributed by atoms with Crippen LogP contribution in [0.15, 0.2) is 22.7 Å². The van der Waals surface area contributed by atoms with Gasteiger partial charge in [0.2, 0.25) is 0 Å². The van der Waals surface area contributed by atoms with Crippen molar-refractivity contribution in [3.8, 4) is 5.75 Å². The van der Waals surface area contributed by atoms with Crippen LogP contribution in [0.2, 0.25) is 0 Å². The Bertz CT molecular complexity index is 629. The lowest BCUT2D eigenvalue weighted by molar-refractivity contribution is 0.101. The van der Waals surface area contributed by atoms with Crippen molar-refractivity contribution in [1.82, 2.24) is 5.16 Å². The minimum Gasteiger partial charge on any atom is -0.490 e. The summed E-state index contributed by atoms with van der Waals surface area (Å²) in [7, 11) is 0. The Balaban J connectivity index is 1.92. The molecule has 1 aromatic carbocycles. The molecule has 0 spiro atoms. The number of benzene rings is 1. The maximum atomic E-state index is 13.6. The highest BCUT2D eigenvalue weighted by molar-refractivity contribution is 5.94. The number of aryl methyl sites for hydroxylation is 2. The predicted molar refractivity (Wildman–Crippen MR) is 76.2 cm³/mol. The molecule has 2 aromatic rings. The van der Waals surface area contributed by atoms with Crippen LogP contribution in [0.3, 0.4) is 0 Å². The summed E-state index contributed by atoms with van der Waals surface area (Å²) in [5, 5.41) is 3.88. The van der Waals surface area contributed by atoms with Crippen LogP contribution in [0.4, 0.5) is 4.39 Å². The molecule has 2 rings (SSSR count).